The summed E-state index contributed by atoms with van der Waals surface area (Å²) in [7, 11) is 0. The summed E-state index contributed by atoms with van der Waals surface area (Å²) in [5.41, 5.74) is 11.2. The topological polar surface area (TPSA) is 96.2 Å². The van der Waals surface area contributed by atoms with Crippen LogP contribution in [-0.4, -0.2) is 42.1 Å². The molecule has 1 aliphatic heterocycles. The van der Waals surface area contributed by atoms with Crippen molar-refractivity contribution >= 4 is 34.3 Å². The predicted molar refractivity (Wildman–Crippen MR) is 121 cm³/mol. The first-order valence-electron chi connectivity index (χ1n) is 9.72. The SMILES string of the molecule is CC.Nc1ccc(-c2cncs2)cc1NC(=O)c1ccc(N2CCNCC2)cn1. The molecule has 0 radical (unpaired) electrons. The number of anilines is 3. The third-order valence-corrected chi connectivity index (χ3v) is 5.30. The van der Waals surface area contributed by atoms with Crippen molar-refractivity contribution in [3.05, 3.63) is 53.9 Å². The zero-order chi connectivity index (χ0) is 20.6. The fraction of sp³-hybridized carbons (Fsp3) is 0.286. The average Bonchev–Trinajstić information content (AvgIpc) is 3.32. The van der Waals surface area contributed by atoms with Gasteiger partial charge >= 0.3 is 0 Å². The summed E-state index contributed by atoms with van der Waals surface area (Å²) < 4.78 is 0. The quantitative estimate of drug-likeness (QED) is 0.570. The predicted octanol–water partition coefficient (Wildman–Crippen LogP) is 3.48. The molecule has 0 saturated carbocycles. The van der Waals surface area contributed by atoms with Gasteiger partial charge in [-0.05, 0) is 29.8 Å². The summed E-state index contributed by atoms with van der Waals surface area (Å²) in [6.45, 7) is 7.79. The number of hydrogen-bond donors (Lipinski definition) is 3. The van der Waals surface area contributed by atoms with Crippen LogP contribution in [-0.2, 0) is 0 Å². The number of nitrogens with one attached hydrogen (secondary N) is 2. The van der Waals surface area contributed by atoms with Gasteiger partial charge in [-0.2, -0.15) is 0 Å². The molecule has 29 heavy (non-hydrogen) atoms. The summed E-state index contributed by atoms with van der Waals surface area (Å²) in [6, 6.07) is 9.24. The van der Waals surface area contributed by atoms with Crippen molar-refractivity contribution in [2.24, 2.45) is 0 Å². The van der Waals surface area contributed by atoms with E-state index in [1.165, 1.54) is 11.3 Å². The van der Waals surface area contributed by atoms with E-state index in [9.17, 15) is 4.79 Å². The fourth-order valence-electron chi connectivity index (χ4n) is 2.99. The molecule has 1 aliphatic rings. The minimum absolute atomic E-state index is 0.282. The molecule has 1 saturated heterocycles. The average molecular weight is 411 g/mol. The van der Waals surface area contributed by atoms with Crippen LogP contribution in [0.4, 0.5) is 17.1 Å². The number of aromatic nitrogens is 2. The zero-order valence-corrected chi connectivity index (χ0v) is 17.5. The Morgan fingerprint density at radius 2 is 1.97 bits per heavy atom. The summed E-state index contributed by atoms with van der Waals surface area (Å²) in [6.07, 6.45) is 3.54. The molecule has 0 atom stereocenters. The monoisotopic (exact) mass is 410 g/mol. The first-order valence-corrected chi connectivity index (χ1v) is 10.6. The van der Waals surface area contributed by atoms with Gasteiger partial charge in [0.15, 0.2) is 0 Å². The maximum Gasteiger partial charge on any atom is 0.274 e. The fourth-order valence-corrected chi connectivity index (χ4v) is 3.61. The van der Waals surface area contributed by atoms with Crippen molar-refractivity contribution < 1.29 is 4.79 Å². The Bertz CT molecular complexity index is 921. The van der Waals surface area contributed by atoms with Crippen LogP contribution < -0.4 is 21.3 Å². The molecule has 7 nitrogen and oxygen atoms in total. The highest BCUT2D eigenvalue weighted by Gasteiger charge is 2.14. The third kappa shape index (κ3) is 5.10. The summed E-state index contributed by atoms with van der Waals surface area (Å²) in [5.74, 6) is -0.282. The van der Waals surface area contributed by atoms with Gasteiger partial charge in [0.25, 0.3) is 5.91 Å². The van der Waals surface area contributed by atoms with Crippen molar-refractivity contribution in [1.82, 2.24) is 15.3 Å². The largest absolute Gasteiger partial charge is 0.397 e. The molecule has 2 aromatic heterocycles. The van der Waals surface area contributed by atoms with Gasteiger partial charge < -0.3 is 21.3 Å². The normalized spacial score (nSPS) is 13.4. The van der Waals surface area contributed by atoms with E-state index in [1.807, 2.05) is 32.0 Å². The van der Waals surface area contributed by atoms with Crippen molar-refractivity contribution in [3.63, 3.8) is 0 Å². The summed E-state index contributed by atoms with van der Waals surface area (Å²) in [4.78, 5) is 24.3. The number of nitrogens with zero attached hydrogens (tertiary/aromatic N) is 3. The van der Waals surface area contributed by atoms with E-state index in [1.54, 1.807) is 30.0 Å². The van der Waals surface area contributed by atoms with Crippen LogP contribution in [0.5, 0.6) is 0 Å². The van der Waals surface area contributed by atoms with Gasteiger partial charge in [-0.1, -0.05) is 19.9 Å². The molecule has 1 aromatic carbocycles. The number of nitrogen functional groups attached to an aromatic ring is 1. The van der Waals surface area contributed by atoms with E-state index < -0.39 is 0 Å². The van der Waals surface area contributed by atoms with Crippen LogP contribution in [0.25, 0.3) is 10.4 Å². The van der Waals surface area contributed by atoms with Crippen molar-refractivity contribution in [1.29, 1.82) is 0 Å². The van der Waals surface area contributed by atoms with E-state index in [0.717, 1.165) is 42.3 Å². The molecule has 0 bridgehead atoms. The van der Waals surface area contributed by atoms with Crippen LogP contribution in [0, 0.1) is 0 Å². The number of carbonyl (C=O) groups excluding carboxylic acids is 1. The molecular formula is C21H26N6OS. The summed E-state index contributed by atoms with van der Waals surface area (Å²) in [5, 5.41) is 6.18. The van der Waals surface area contributed by atoms with Crippen LogP contribution in [0.3, 0.4) is 0 Å². The number of pyridine rings is 1. The Kier molecular flexibility index (Phi) is 7.15. The lowest BCUT2D eigenvalue weighted by Crippen LogP contribution is -2.43. The molecule has 0 unspecified atom stereocenters. The molecular weight excluding hydrogens is 384 g/mol. The Morgan fingerprint density at radius 1 is 1.17 bits per heavy atom. The van der Waals surface area contributed by atoms with Gasteiger partial charge in [-0.15, -0.1) is 11.3 Å². The Balaban J connectivity index is 0.00000117. The highest BCUT2D eigenvalue weighted by Crippen LogP contribution is 2.29. The Hall–Kier alpha value is -2.97. The first kappa shape index (κ1) is 20.8. The second-order valence-electron chi connectivity index (χ2n) is 6.26. The molecule has 3 heterocycles. The number of piperazine rings is 1. The van der Waals surface area contributed by atoms with Gasteiger partial charge in [0.05, 0.1) is 33.6 Å². The van der Waals surface area contributed by atoms with Gasteiger partial charge in [0.1, 0.15) is 5.69 Å². The number of nitrogens with two attached hydrogens (primary N) is 1. The Morgan fingerprint density at radius 3 is 2.62 bits per heavy atom. The van der Waals surface area contributed by atoms with Gasteiger partial charge in [-0.3, -0.25) is 9.78 Å². The molecule has 1 amide bonds. The number of amides is 1. The van der Waals surface area contributed by atoms with Crippen LogP contribution in [0.1, 0.15) is 24.3 Å². The van der Waals surface area contributed by atoms with Crippen LogP contribution >= 0.6 is 11.3 Å². The molecule has 4 N–H and O–H groups in total. The van der Waals surface area contributed by atoms with Crippen molar-refractivity contribution in [2.75, 3.05) is 42.1 Å². The van der Waals surface area contributed by atoms with Gasteiger partial charge in [0, 0.05) is 32.4 Å². The number of benzene rings is 1. The molecule has 0 spiro atoms. The molecule has 152 valence electrons. The maximum atomic E-state index is 12.6. The number of carbonyl (C=O) groups is 1. The van der Waals surface area contributed by atoms with Gasteiger partial charge in [-0.25, -0.2) is 4.98 Å². The highest BCUT2D eigenvalue weighted by molar-refractivity contribution is 7.13. The molecule has 0 aliphatic carbocycles. The zero-order valence-electron chi connectivity index (χ0n) is 16.7. The number of thiazole rings is 1. The van der Waals surface area contributed by atoms with Crippen LogP contribution in [0.2, 0.25) is 0 Å². The van der Waals surface area contributed by atoms with E-state index >= 15 is 0 Å². The lowest BCUT2D eigenvalue weighted by molar-refractivity contribution is 0.102. The minimum Gasteiger partial charge on any atom is -0.397 e. The van der Waals surface area contributed by atoms with Crippen molar-refractivity contribution in [2.45, 2.75) is 13.8 Å². The Labute approximate surface area is 175 Å². The highest BCUT2D eigenvalue weighted by atomic mass is 32.1. The maximum absolute atomic E-state index is 12.6. The summed E-state index contributed by atoms with van der Waals surface area (Å²) >= 11 is 1.53. The smallest absolute Gasteiger partial charge is 0.274 e. The molecule has 4 rings (SSSR count). The number of rotatable bonds is 4. The molecule has 3 aromatic rings. The van der Waals surface area contributed by atoms with E-state index in [2.05, 4.69) is 25.5 Å². The third-order valence-electron chi connectivity index (χ3n) is 4.48. The van der Waals surface area contributed by atoms with E-state index in [4.69, 9.17) is 5.73 Å². The molecule has 1 fully saturated rings. The van der Waals surface area contributed by atoms with E-state index in [0.29, 0.717) is 17.1 Å². The number of hydrogen-bond acceptors (Lipinski definition) is 7. The van der Waals surface area contributed by atoms with Crippen molar-refractivity contribution in [3.8, 4) is 10.4 Å². The lowest BCUT2D eigenvalue weighted by Gasteiger charge is -2.29. The van der Waals surface area contributed by atoms with E-state index in [-0.39, 0.29) is 5.91 Å². The second-order valence-corrected chi connectivity index (χ2v) is 7.15. The van der Waals surface area contributed by atoms with Gasteiger partial charge in [0.2, 0.25) is 0 Å². The standard InChI is InChI=1S/C19H20N6OS.C2H6/c20-15-3-1-13(18-11-22-12-27-18)9-17(15)24-19(26)16-4-2-14(10-23-16)25-7-5-21-6-8-25;1-2/h1-4,9-12,21H,5-8,20H2,(H,24,26);1-2H3. The first-order chi connectivity index (χ1) is 14.2. The van der Waals surface area contributed by atoms with Crippen LogP contribution in [0.15, 0.2) is 48.2 Å². The lowest BCUT2D eigenvalue weighted by atomic mass is 10.1. The second kappa shape index (κ2) is 9.99. The minimum atomic E-state index is -0.282. The molecule has 8 heteroatoms.